The van der Waals surface area contributed by atoms with Crippen LogP contribution in [-0.2, 0) is 13.0 Å². The third-order valence-corrected chi connectivity index (χ3v) is 6.40. The summed E-state index contributed by atoms with van der Waals surface area (Å²) >= 11 is 0. The molecule has 2 fully saturated rings. The van der Waals surface area contributed by atoms with Crippen LogP contribution in [0.2, 0.25) is 0 Å². The number of hydrogen-bond acceptors (Lipinski definition) is 5. The fourth-order valence-corrected chi connectivity index (χ4v) is 4.76. The Morgan fingerprint density at radius 3 is 2.57 bits per heavy atom. The first kappa shape index (κ1) is 19.8. The average molecular weight is 380 g/mol. The zero-order valence-corrected chi connectivity index (χ0v) is 17.5. The van der Waals surface area contributed by atoms with Gasteiger partial charge in [0.1, 0.15) is 0 Å². The molecule has 0 unspecified atom stereocenters. The minimum Gasteiger partial charge on any atom is -0.371 e. The second-order valence-corrected chi connectivity index (χ2v) is 8.87. The van der Waals surface area contributed by atoms with Gasteiger partial charge >= 0.3 is 0 Å². The molecule has 1 aromatic carbocycles. The van der Waals surface area contributed by atoms with E-state index in [0.29, 0.717) is 0 Å². The van der Waals surface area contributed by atoms with Gasteiger partial charge in [-0.1, -0.05) is 5.16 Å². The molecule has 0 bridgehead atoms. The summed E-state index contributed by atoms with van der Waals surface area (Å²) in [5, 5.41) is 5.70. The van der Waals surface area contributed by atoms with Crippen LogP contribution < -0.4 is 4.90 Å². The van der Waals surface area contributed by atoms with Gasteiger partial charge in [0.05, 0.1) is 5.69 Å². The molecule has 0 amide bonds. The lowest BCUT2D eigenvalue weighted by Gasteiger charge is -2.31. The first-order chi connectivity index (χ1) is 13.6. The standard InChI is InChI=1S/C22H33BN4O/c1-25(2)16-19-21(26-12-4-3-5-13-26)9-7-18-20(24-28-22(18)19)8-6-17-10-14-27(23)15-11-17/h7,9,17H,3-6,8,10-16H2,1-2H3. The van der Waals surface area contributed by atoms with Crippen LogP contribution in [0.15, 0.2) is 16.7 Å². The van der Waals surface area contributed by atoms with Gasteiger partial charge in [-0.05, 0) is 90.2 Å². The summed E-state index contributed by atoms with van der Waals surface area (Å²) in [5.74, 6) is 0.750. The van der Waals surface area contributed by atoms with Gasteiger partial charge in [0.15, 0.2) is 13.6 Å². The Kier molecular flexibility index (Phi) is 6.27. The van der Waals surface area contributed by atoms with E-state index < -0.39 is 0 Å². The van der Waals surface area contributed by atoms with Crippen molar-refractivity contribution in [1.29, 1.82) is 0 Å². The third kappa shape index (κ3) is 4.38. The highest BCUT2D eigenvalue weighted by molar-refractivity contribution is 6.04. The zero-order valence-electron chi connectivity index (χ0n) is 17.5. The van der Waals surface area contributed by atoms with Gasteiger partial charge < -0.3 is 19.1 Å². The van der Waals surface area contributed by atoms with Gasteiger partial charge in [0.2, 0.25) is 0 Å². The van der Waals surface area contributed by atoms with E-state index in [1.54, 1.807) is 0 Å². The average Bonchev–Trinajstić information content (AvgIpc) is 3.12. The van der Waals surface area contributed by atoms with Crippen molar-refractivity contribution in [3.8, 4) is 0 Å². The van der Waals surface area contributed by atoms with Gasteiger partial charge in [0.25, 0.3) is 0 Å². The van der Waals surface area contributed by atoms with E-state index in [9.17, 15) is 0 Å². The molecule has 2 radical (unpaired) electrons. The number of aromatic nitrogens is 1. The highest BCUT2D eigenvalue weighted by atomic mass is 16.5. The quantitative estimate of drug-likeness (QED) is 0.716. The fraction of sp³-hybridized carbons (Fsp3) is 0.682. The Hall–Kier alpha value is -1.53. The van der Waals surface area contributed by atoms with Gasteiger partial charge in [-0.25, -0.2) is 0 Å². The third-order valence-electron chi connectivity index (χ3n) is 6.40. The Labute approximate surface area is 170 Å². The predicted molar refractivity (Wildman–Crippen MR) is 116 cm³/mol. The van der Waals surface area contributed by atoms with Gasteiger partial charge in [-0.15, -0.1) is 0 Å². The van der Waals surface area contributed by atoms with E-state index >= 15 is 0 Å². The molecule has 1 aromatic heterocycles. The van der Waals surface area contributed by atoms with Crippen LogP contribution in [0.3, 0.4) is 0 Å². The molecule has 5 nitrogen and oxygen atoms in total. The maximum atomic E-state index is 5.94. The molecular formula is C22H33BN4O. The Balaban J connectivity index is 1.56. The number of aryl methyl sites for hydroxylation is 1. The summed E-state index contributed by atoms with van der Waals surface area (Å²) < 4.78 is 5.94. The van der Waals surface area contributed by atoms with Gasteiger partial charge in [-0.2, -0.15) is 0 Å². The lowest BCUT2D eigenvalue weighted by molar-refractivity contribution is 0.270. The van der Waals surface area contributed by atoms with Crippen molar-refractivity contribution in [3.63, 3.8) is 0 Å². The molecular weight excluding hydrogens is 347 g/mol. The summed E-state index contributed by atoms with van der Waals surface area (Å²) in [6, 6.07) is 4.55. The molecule has 4 rings (SSSR count). The number of benzene rings is 1. The second-order valence-electron chi connectivity index (χ2n) is 8.87. The first-order valence-corrected chi connectivity index (χ1v) is 10.9. The summed E-state index contributed by atoms with van der Waals surface area (Å²) in [6.45, 7) is 5.19. The molecule has 0 atom stereocenters. The van der Waals surface area contributed by atoms with Crippen molar-refractivity contribution in [2.75, 3.05) is 45.2 Å². The summed E-state index contributed by atoms with van der Waals surface area (Å²) in [5.41, 5.74) is 4.73. The van der Waals surface area contributed by atoms with Crippen LogP contribution in [0.1, 0.15) is 49.8 Å². The number of fused-ring (bicyclic) bond motifs is 1. The van der Waals surface area contributed by atoms with Crippen molar-refractivity contribution in [2.24, 2.45) is 5.92 Å². The molecule has 2 saturated heterocycles. The molecule has 2 aromatic rings. The maximum absolute atomic E-state index is 5.94. The van der Waals surface area contributed by atoms with Crippen LogP contribution >= 0.6 is 0 Å². The number of nitrogens with zero attached hydrogens (tertiary/aromatic N) is 4. The van der Waals surface area contributed by atoms with E-state index in [1.165, 1.54) is 55.2 Å². The Morgan fingerprint density at radius 2 is 1.86 bits per heavy atom. The molecule has 0 N–H and O–H groups in total. The van der Waals surface area contributed by atoms with E-state index in [-0.39, 0.29) is 0 Å². The lowest BCUT2D eigenvalue weighted by Crippen LogP contribution is -2.31. The molecule has 6 heteroatoms. The van der Waals surface area contributed by atoms with Crippen molar-refractivity contribution < 1.29 is 4.52 Å². The predicted octanol–water partition coefficient (Wildman–Crippen LogP) is 3.61. The van der Waals surface area contributed by atoms with Crippen LogP contribution in [0.4, 0.5) is 5.69 Å². The van der Waals surface area contributed by atoms with Crippen molar-refractivity contribution in [1.82, 2.24) is 14.9 Å². The molecule has 150 valence electrons. The van der Waals surface area contributed by atoms with Crippen molar-refractivity contribution >= 4 is 24.6 Å². The van der Waals surface area contributed by atoms with Crippen LogP contribution in [-0.4, -0.2) is 63.1 Å². The topological polar surface area (TPSA) is 35.8 Å². The normalized spacial score (nSPS) is 19.8. The van der Waals surface area contributed by atoms with E-state index in [4.69, 9.17) is 12.5 Å². The summed E-state index contributed by atoms with van der Waals surface area (Å²) in [4.78, 5) is 6.70. The summed E-state index contributed by atoms with van der Waals surface area (Å²) in [6.07, 6.45) is 8.45. The lowest BCUT2D eigenvalue weighted by atomic mass is 9.90. The van der Waals surface area contributed by atoms with Crippen LogP contribution in [0.5, 0.6) is 0 Å². The second kappa shape index (κ2) is 8.87. The van der Waals surface area contributed by atoms with E-state index in [1.807, 2.05) is 4.81 Å². The largest absolute Gasteiger partial charge is 0.371 e. The fourth-order valence-electron chi connectivity index (χ4n) is 4.76. The number of rotatable bonds is 6. The van der Waals surface area contributed by atoms with Gasteiger partial charge in [-0.3, -0.25) is 0 Å². The van der Waals surface area contributed by atoms with E-state index in [0.717, 1.165) is 56.3 Å². The van der Waals surface area contributed by atoms with Crippen LogP contribution in [0.25, 0.3) is 11.0 Å². The van der Waals surface area contributed by atoms with E-state index in [2.05, 4.69) is 41.2 Å². The number of hydrogen-bond donors (Lipinski definition) is 0. The number of anilines is 1. The van der Waals surface area contributed by atoms with Crippen molar-refractivity contribution in [2.45, 2.75) is 51.5 Å². The Morgan fingerprint density at radius 1 is 1.11 bits per heavy atom. The molecule has 3 heterocycles. The van der Waals surface area contributed by atoms with Crippen LogP contribution in [0, 0.1) is 5.92 Å². The molecule has 0 saturated carbocycles. The molecule has 0 aliphatic carbocycles. The summed E-state index contributed by atoms with van der Waals surface area (Å²) in [7, 11) is 10.1. The molecule has 2 aliphatic rings. The molecule has 2 aliphatic heterocycles. The molecule has 28 heavy (non-hydrogen) atoms. The smallest absolute Gasteiger partial charge is 0.182 e. The highest BCUT2D eigenvalue weighted by Crippen LogP contribution is 2.34. The highest BCUT2D eigenvalue weighted by Gasteiger charge is 2.22. The SMILES string of the molecule is [B]N1CCC(CCc2noc3c(CN(C)C)c(N4CCCCC4)ccc23)CC1. The van der Waals surface area contributed by atoms with Gasteiger partial charge in [0, 0.05) is 36.3 Å². The zero-order chi connectivity index (χ0) is 19.5. The molecule has 0 spiro atoms. The Bertz CT molecular complexity index is 776. The maximum Gasteiger partial charge on any atom is 0.182 e. The minimum atomic E-state index is 0.750. The monoisotopic (exact) mass is 380 g/mol. The first-order valence-electron chi connectivity index (χ1n) is 10.9. The minimum absolute atomic E-state index is 0.750. The van der Waals surface area contributed by atoms with Crippen molar-refractivity contribution in [3.05, 3.63) is 23.4 Å². The number of piperidine rings is 2.